The molecular weight excluding hydrogens is 514 g/mol. The Labute approximate surface area is 231 Å². The van der Waals surface area contributed by atoms with Crippen LogP contribution >= 0.6 is 0 Å². The van der Waals surface area contributed by atoms with Gasteiger partial charge in [0.15, 0.2) is 11.5 Å². The van der Waals surface area contributed by atoms with E-state index in [2.05, 4.69) is 4.90 Å². The fourth-order valence-corrected chi connectivity index (χ4v) is 4.54. The monoisotopic (exact) mass is 545 g/mol. The van der Waals surface area contributed by atoms with E-state index in [1.165, 1.54) is 6.26 Å². The minimum absolute atomic E-state index is 0.0517. The van der Waals surface area contributed by atoms with Gasteiger partial charge in [-0.15, -0.1) is 0 Å². The van der Waals surface area contributed by atoms with Crippen molar-refractivity contribution in [3.8, 4) is 28.7 Å². The molecule has 4 aromatic rings. The number of esters is 1. The molecule has 0 atom stereocenters. The molecule has 1 aliphatic rings. The third-order valence-corrected chi connectivity index (χ3v) is 6.67. The first-order valence-electron chi connectivity index (χ1n) is 13.1. The molecule has 40 heavy (non-hydrogen) atoms. The summed E-state index contributed by atoms with van der Waals surface area (Å²) in [6.45, 7) is 4.02. The van der Waals surface area contributed by atoms with Crippen molar-refractivity contribution in [3.63, 3.8) is 0 Å². The van der Waals surface area contributed by atoms with E-state index < -0.39 is 5.97 Å². The van der Waals surface area contributed by atoms with Crippen LogP contribution in [0.1, 0.15) is 34.8 Å². The third-order valence-electron chi connectivity index (χ3n) is 6.67. The fraction of sp³-hybridized carbons (Fsp3) is 0.290. The van der Waals surface area contributed by atoms with Gasteiger partial charge < -0.3 is 28.1 Å². The molecule has 1 aliphatic heterocycles. The molecule has 0 unspecified atom stereocenters. The number of nitrogens with zero attached hydrogens (tertiary/aromatic N) is 1. The van der Waals surface area contributed by atoms with Crippen LogP contribution < -0.4 is 24.4 Å². The van der Waals surface area contributed by atoms with Gasteiger partial charge in [-0.2, -0.15) is 0 Å². The van der Waals surface area contributed by atoms with Crippen LogP contribution in [-0.4, -0.2) is 45.0 Å². The van der Waals surface area contributed by atoms with E-state index in [1.807, 2.05) is 25.1 Å². The van der Waals surface area contributed by atoms with Crippen molar-refractivity contribution in [3.05, 3.63) is 87.8 Å². The summed E-state index contributed by atoms with van der Waals surface area (Å²) in [5, 5.41) is 0.404. The van der Waals surface area contributed by atoms with Crippen molar-refractivity contribution in [2.75, 3.05) is 34.1 Å². The number of hydrogen-bond acceptors (Lipinski definition) is 9. The second kappa shape index (κ2) is 12.1. The SMILES string of the molecule is CCCOC(=O)c1ccc(Oc2coc3c4c(ccc3c2=O)OCN(CCc2ccc(OC)c(OC)c2)C4)cc1. The second-order valence-electron chi connectivity index (χ2n) is 9.38. The molecule has 0 fully saturated rings. The molecule has 3 aromatic carbocycles. The number of methoxy groups -OCH3 is 2. The van der Waals surface area contributed by atoms with Crippen molar-refractivity contribution < 1.29 is 32.9 Å². The summed E-state index contributed by atoms with van der Waals surface area (Å²) >= 11 is 0. The van der Waals surface area contributed by atoms with E-state index >= 15 is 0 Å². The molecule has 0 bridgehead atoms. The first-order valence-corrected chi connectivity index (χ1v) is 13.1. The highest BCUT2D eigenvalue weighted by Crippen LogP contribution is 2.33. The molecule has 0 amide bonds. The Hall–Kier alpha value is -4.50. The minimum Gasteiger partial charge on any atom is -0.493 e. The van der Waals surface area contributed by atoms with Crippen molar-refractivity contribution in [1.29, 1.82) is 0 Å². The van der Waals surface area contributed by atoms with Gasteiger partial charge in [-0.25, -0.2) is 4.79 Å². The van der Waals surface area contributed by atoms with Crippen LogP contribution in [0.4, 0.5) is 0 Å². The molecule has 2 heterocycles. The lowest BCUT2D eigenvalue weighted by Crippen LogP contribution is -2.33. The number of hydrogen-bond donors (Lipinski definition) is 0. The Morgan fingerprint density at radius 1 is 0.975 bits per heavy atom. The van der Waals surface area contributed by atoms with Crippen LogP contribution in [0.15, 0.2) is 70.1 Å². The Kier molecular flexibility index (Phi) is 8.21. The maximum absolute atomic E-state index is 13.3. The Bertz CT molecular complexity index is 1560. The van der Waals surface area contributed by atoms with Gasteiger partial charge in [-0.3, -0.25) is 9.69 Å². The number of carbonyl (C=O) groups is 1. The van der Waals surface area contributed by atoms with Crippen LogP contribution in [0.2, 0.25) is 0 Å². The number of rotatable bonds is 10. The van der Waals surface area contributed by atoms with Gasteiger partial charge >= 0.3 is 5.97 Å². The lowest BCUT2D eigenvalue weighted by Gasteiger charge is -2.29. The summed E-state index contributed by atoms with van der Waals surface area (Å²) in [5.74, 6) is 2.13. The average molecular weight is 546 g/mol. The molecule has 0 N–H and O–H groups in total. The Balaban J connectivity index is 1.30. The summed E-state index contributed by atoms with van der Waals surface area (Å²) in [6, 6.07) is 15.8. The first kappa shape index (κ1) is 27.1. The Morgan fingerprint density at radius 3 is 2.52 bits per heavy atom. The van der Waals surface area contributed by atoms with E-state index in [4.69, 9.17) is 28.1 Å². The van der Waals surface area contributed by atoms with Crippen molar-refractivity contribution in [1.82, 2.24) is 4.90 Å². The summed E-state index contributed by atoms with van der Waals surface area (Å²) in [7, 11) is 3.23. The van der Waals surface area contributed by atoms with E-state index in [9.17, 15) is 9.59 Å². The minimum atomic E-state index is -0.400. The van der Waals surface area contributed by atoms with Gasteiger partial charge in [0.1, 0.15) is 30.1 Å². The van der Waals surface area contributed by atoms with Gasteiger partial charge in [0, 0.05) is 13.1 Å². The standard InChI is InChI=1S/C31H31NO8/c1-4-15-37-31(34)21-6-8-22(9-7-21)40-28-18-38-30-23(29(28)33)10-12-25-24(30)17-32(19-39-25)14-13-20-5-11-26(35-2)27(16-20)36-3/h5-12,16,18H,4,13-15,17,19H2,1-3H3. The highest BCUT2D eigenvalue weighted by Gasteiger charge is 2.23. The normalized spacial score (nSPS) is 12.9. The smallest absolute Gasteiger partial charge is 0.338 e. The largest absolute Gasteiger partial charge is 0.493 e. The predicted molar refractivity (Wildman–Crippen MR) is 149 cm³/mol. The number of fused-ring (bicyclic) bond motifs is 3. The quantitative estimate of drug-likeness (QED) is 0.237. The van der Waals surface area contributed by atoms with Gasteiger partial charge in [-0.05, 0) is 66.9 Å². The molecule has 9 heteroatoms. The molecule has 0 saturated heterocycles. The topological polar surface area (TPSA) is 96.7 Å². The van der Waals surface area contributed by atoms with Crippen molar-refractivity contribution >= 4 is 16.9 Å². The van der Waals surface area contributed by atoms with E-state index in [0.717, 1.165) is 30.5 Å². The van der Waals surface area contributed by atoms with Crippen LogP contribution in [0.3, 0.4) is 0 Å². The average Bonchev–Trinajstić information content (AvgIpc) is 3.00. The molecule has 0 radical (unpaired) electrons. The summed E-state index contributed by atoms with van der Waals surface area (Å²) in [6.07, 6.45) is 2.84. The molecule has 0 spiro atoms. The first-order chi connectivity index (χ1) is 19.5. The van der Waals surface area contributed by atoms with E-state index in [-0.39, 0.29) is 11.2 Å². The highest BCUT2D eigenvalue weighted by molar-refractivity contribution is 5.89. The predicted octanol–water partition coefficient (Wildman–Crippen LogP) is 5.56. The van der Waals surface area contributed by atoms with Crippen LogP contribution in [0, 0.1) is 0 Å². The zero-order valence-electron chi connectivity index (χ0n) is 22.7. The summed E-state index contributed by atoms with van der Waals surface area (Å²) < 4.78 is 33.6. The van der Waals surface area contributed by atoms with Crippen LogP contribution in [0.25, 0.3) is 11.0 Å². The summed E-state index contributed by atoms with van der Waals surface area (Å²) in [5.41, 5.74) is 2.52. The third kappa shape index (κ3) is 5.74. The maximum Gasteiger partial charge on any atom is 0.338 e. The zero-order valence-corrected chi connectivity index (χ0v) is 22.7. The highest BCUT2D eigenvalue weighted by atomic mass is 16.5. The van der Waals surface area contributed by atoms with Crippen molar-refractivity contribution in [2.24, 2.45) is 0 Å². The lowest BCUT2D eigenvalue weighted by molar-refractivity contribution is 0.0505. The second-order valence-corrected chi connectivity index (χ2v) is 9.38. The molecule has 1 aromatic heterocycles. The van der Waals surface area contributed by atoms with Crippen LogP contribution in [-0.2, 0) is 17.7 Å². The molecular formula is C31H31NO8. The van der Waals surface area contributed by atoms with E-state index in [0.29, 0.717) is 59.4 Å². The summed E-state index contributed by atoms with van der Waals surface area (Å²) in [4.78, 5) is 27.5. The maximum atomic E-state index is 13.3. The molecule has 208 valence electrons. The fourth-order valence-electron chi connectivity index (χ4n) is 4.54. The van der Waals surface area contributed by atoms with Gasteiger partial charge in [-0.1, -0.05) is 13.0 Å². The number of carbonyl (C=O) groups excluding carboxylic acids is 1. The number of ether oxygens (including phenoxy) is 5. The Morgan fingerprint density at radius 2 is 1.77 bits per heavy atom. The van der Waals surface area contributed by atoms with Crippen LogP contribution in [0.5, 0.6) is 28.7 Å². The van der Waals surface area contributed by atoms with Crippen molar-refractivity contribution in [2.45, 2.75) is 26.3 Å². The van der Waals surface area contributed by atoms with Gasteiger partial charge in [0.05, 0.1) is 37.3 Å². The van der Waals surface area contributed by atoms with E-state index in [1.54, 1.807) is 50.6 Å². The number of benzene rings is 3. The zero-order chi connectivity index (χ0) is 28.1. The molecule has 5 rings (SSSR count). The van der Waals surface area contributed by atoms with Gasteiger partial charge in [0.25, 0.3) is 0 Å². The molecule has 0 aliphatic carbocycles. The molecule has 9 nitrogen and oxygen atoms in total. The van der Waals surface area contributed by atoms with Gasteiger partial charge in [0.2, 0.25) is 11.2 Å². The lowest BCUT2D eigenvalue weighted by atomic mass is 10.1. The molecule has 0 saturated carbocycles.